The largest absolute Gasteiger partial charge is 0.495 e. The minimum atomic E-state index is -0.0418. The molecule has 8 heteroatoms. The molecular formula is C20H26ClN5O2. The predicted octanol–water partition coefficient (Wildman–Crippen LogP) is 3.66. The van der Waals surface area contributed by atoms with E-state index in [0.29, 0.717) is 34.7 Å². The highest BCUT2D eigenvalue weighted by molar-refractivity contribution is 6.31. The van der Waals surface area contributed by atoms with Gasteiger partial charge in [0.1, 0.15) is 11.6 Å². The fraction of sp³-hybridized carbons (Fsp3) is 0.450. The second-order valence-corrected chi connectivity index (χ2v) is 7.55. The van der Waals surface area contributed by atoms with E-state index >= 15 is 0 Å². The molecule has 1 aromatic heterocycles. The third-order valence-electron chi connectivity index (χ3n) is 4.92. The minimum Gasteiger partial charge on any atom is -0.495 e. The van der Waals surface area contributed by atoms with Gasteiger partial charge >= 0.3 is 0 Å². The second kappa shape index (κ2) is 9.10. The van der Waals surface area contributed by atoms with Crippen LogP contribution in [0, 0.1) is 12.8 Å². The van der Waals surface area contributed by atoms with Crippen molar-refractivity contribution in [3.63, 3.8) is 0 Å². The van der Waals surface area contributed by atoms with Crippen molar-refractivity contribution in [2.75, 3.05) is 36.1 Å². The molecule has 1 saturated heterocycles. The zero-order chi connectivity index (χ0) is 20.1. The Bertz CT molecular complexity index is 825. The molecule has 150 valence electrons. The van der Waals surface area contributed by atoms with Crippen molar-refractivity contribution in [2.24, 2.45) is 5.92 Å². The summed E-state index contributed by atoms with van der Waals surface area (Å²) in [7, 11) is 1.57. The molecule has 1 amide bonds. The van der Waals surface area contributed by atoms with Gasteiger partial charge in [-0.05, 0) is 50.3 Å². The third-order valence-corrected chi connectivity index (χ3v) is 5.15. The zero-order valence-corrected chi connectivity index (χ0v) is 17.0. The molecule has 0 aliphatic carbocycles. The van der Waals surface area contributed by atoms with Gasteiger partial charge in [-0.2, -0.15) is 4.98 Å². The van der Waals surface area contributed by atoms with Gasteiger partial charge < -0.3 is 20.7 Å². The number of nitrogens with one attached hydrogen (secondary N) is 1. The number of aryl methyl sites for hydroxylation is 1. The summed E-state index contributed by atoms with van der Waals surface area (Å²) in [4.78, 5) is 23.1. The van der Waals surface area contributed by atoms with Gasteiger partial charge in [-0.25, -0.2) is 4.98 Å². The molecule has 28 heavy (non-hydrogen) atoms. The number of anilines is 3. The fourth-order valence-electron chi connectivity index (χ4n) is 3.57. The maximum Gasteiger partial charge on any atom is 0.224 e. The van der Waals surface area contributed by atoms with Crippen molar-refractivity contribution in [1.29, 1.82) is 0 Å². The number of ether oxygens (including phenoxy) is 1. The van der Waals surface area contributed by atoms with E-state index in [1.807, 2.05) is 13.0 Å². The van der Waals surface area contributed by atoms with E-state index in [-0.39, 0.29) is 5.91 Å². The predicted molar refractivity (Wildman–Crippen MR) is 112 cm³/mol. The molecule has 0 radical (unpaired) electrons. The van der Waals surface area contributed by atoms with Crippen LogP contribution in [-0.4, -0.2) is 36.1 Å². The quantitative estimate of drug-likeness (QED) is 0.764. The Balaban J connectivity index is 1.55. The Morgan fingerprint density at radius 1 is 1.39 bits per heavy atom. The first-order valence-corrected chi connectivity index (χ1v) is 9.82. The topological polar surface area (TPSA) is 93.4 Å². The van der Waals surface area contributed by atoms with E-state index < -0.39 is 0 Å². The number of carbonyl (C=O) groups is 1. The summed E-state index contributed by atoms with van der Waals surface area (Å²) in [6.07, 6.45) is 3.42. The molecule has 0 spiro atoms. The first-order chi connectivity index (χ1) is 13.4. The highest BCUT2D eigenvalue weighted by Crippen LogP contribution is 2.29. The SMILES string of the molecule is COc1ccc(Cl)cc1NC(=O)CC[C@H]1CCCN(c2cc(C)nc(N)n2)C1. The number of hydrogen-bond donors (Lipinski definition) is 2. The van der Waals surface area contributed by atoms with E-state index in [2.05, 4.69) is 20.2 Å². The van der Waals surface area contributed by atoms with Crippen LogP contribution in [0.2, 0.25) is 5.02 Å². The fourth-order valence-corrected chi connectivity index (χ4v) is 3.74. The number of benzene rings is 1. The molecule has 0 saturated carbocycles. The third kappa shape index (κ3) is 5.25. The van der Waals surface area contributed by atoms with Gasteiger partial charge in [-0.3, -0.25) is 4.79 Å². The lowest BCUT2D eigenvalue weighted by molar-refractivity contribution is -0.116. The van der Waals surface area contributed by atoms with E-state index in [1.54, 1.807) is 25.3 Å². The normalized spacial score (nSPS) is 16.7. The van der Waals surface area contributed by atoms with Crippen molar-refractivity contribution >= 4 is 35.0 Å². The van der Waals surface area contributed by atoms with Gasteiger partial charge in [0.25, 0.3) is 0 Å². The molecule has 1 atom stereocenters. The highest BCUT2D eigenvalue weighted by atomic mass is 35.5. The Hall–Kier alpha value is -2.54. The van der Waals surface area contributed by atoms with E-state index in [0.717, 1.165) is 43.9 Å². The van der Waals surface area contributed by atoms with E-state index in [4.69, 9.17) is 22.1 Å². The van der Waals surface area contributed by atoms with Crippen LogP contribution in [0.5, 0.6) is 5.75 Å². The summed E-state index contributed by atoms with van der Waals surface area (Å²) in [6, 6.07) is 7.12. The molecule has 2 heterocycles. The standard InChI is InChI=1S/C20H26ClN5O2/c1-13-10-18(25-20(22)23-13)26-9-3-4-14(12-26)5-8-19(27)24-16-11-15(21)6-7-17(16)28-2/h6-7,10-11,14H,3-5,8-9,12H2,1-2H3,(H,24,27)(H2,22,23,25)/t14-/m1/s1. The second-order valence-electron chi connectivity index (χ2n) is 7.11. The maximum atomic E-state index is 12.4. The summed E-state index contributed by atoms with van der Waals surface area (Å²) in [5.41, 5.74) is 7.24. The van der Waals surface area contributed by atoms with Gasteiger partial charge in [-0.15, -0.1) is 0 Å². The molecule has 7 nitrogen and oxygen atoms in total. The summed E-state index contributed by atoms with van der Waals surface area (Å²) in [6.45, 7) is 3.72. The summed E-state index contributed by atoms with van der Waals surface area (Å²) in [5, 5.41) is 3.45. The number of methoxy groups -OCH3 is 1. The average molecular weight is 404 g/mol. The molecule has 3 N–H and O–H groups in total. The number of nitrogen functional groups attached to an aromatic ring is 1. The van der Waals surface area contributed by atoms with Crippen LogP contribution in [0.25, 0.3) is 0 Å². The number of halogens is 1. The molecule has 2 aromatic rings. The summed E-state index contributed by atoms with van der Waals surface area (Å²) >= 11 is 6.02. The molecule has 0 unspecified atom stereocenters. The van der Waals surface area contributed by atoms with Crippen molar-refractivity contribution in [1.82, 2.24) is 9.97 Å². The lowest BCUT2D eigenvalue weighted by Gasteiger charge is -2.33. The van der Waals surface area contributed by atoms with Gasteiger partial charge in [0.15, 0.2) is 0 Å². The van der Waals surface area contributed by atoms with Crippen LogP contribution in [-0.2, 0) is 4.79 Å². The number of hydrogen-bond acceptors (Lipinski definition) is 6. The molecule has 3 rings (SSSR count). The van der Waals surface area contributed by atoms with Crippen molar-refractivity contribution in [3.8, 4) is 5.75 Å². The Labute approximate surface area is 170 Å². The summed E-state index contributed by atoms with van der Waals surface area (Å²) < 4.78 is 5.28. The maximum absolute atomic E-state index is 12.4. The van der Waals surface area contributed by atoms with Gasteiger partial charge in [-0.1, -0.05) is 11.6 Å². The molecule has 1 aromatic carbocycles. The lowest BCUT2D eigenvalue weighted by atomic mass is 9.93. The Morgan fingerprint density at radius 2 is 2.21 bits per heavy atom. The Morgan fingerprint density at radius 3 is 2.96 bits per heavy atom. The zero-order valence-electron chi connectivity index (χ0n) is 16.2. The van der Waals surface area contributed by atoms with Crippen LogP contribution in [0.15, 0.2) is 24.3 Å². The van der Waals surface area contributed by atoms with Crippen LogP contribution < -0.4 is 20.7 Å². The van der Waals surface area contributed by atoms with Crippen LogP contribution >= 0.6 is 11.6 Å². The first-order valence-electron chi connectivity index (χ1n) is 9.44. The van der Waals surface area contributed by atoms with Crippen LogP contribution in [0.4, 0.5) is 17.5 Å². The molecular weight excluding hydrogens is 378 g/mol. The number of amides is 1. The molecule has 1 aliphatic heterocycles. The highest BCUT2D eigenvalue weighted by Gasteiger charge is 2.22. The van der Waals surface area contributed by atoms with Gasteiger partial charge in [0, 0.05) is 36.3 Å². The Kier molecular flexibility index (Phi) is 6.57. The van der Waals surface area contributed by atoms with E-state index in [9.17, 15) is 4.79 Å². The monoisotopic (exact) mass is 403 g/mol. The van der Waals surface area contributed by atoms with Crippen LogP contribution in [0.3, 0.4) is 0 Å². The number of piperidine rings is 1. The number of carbonyl (C=O) groups excluding carboxylic acids is 1. The minimum absolute atomic E-state index is 0.0418. The van der Waals surface area contributed by atoms with Crippen molar-refractivity contribution in [3.05, 3.63) is 35.0 Å². The van der Waals surface area contributed by atoms with Crippen molar-refractivity contribution in [2.45, 2.75) is 32.6 Å². The average Bonchev–Trinajstić information content (AvgIpc) is 2.66. The molecule has 1 aliphatic rings. The van der Waals surface area contributed by atoms with Crippen LogP contribution in [0.1, 0.15) is 31.4 Å². The summed E-state index contributed by atoms with van der Waals surface area (Å²) in [5.74, 6) is 2.14. The number of nitrogens with zero attached hydrogens (tertiary/aromatic N) is 3. The number of aromatic nitrogens is 2. The first kappa shape index (κ1) is 20.2. The smallest absolute Gasteiger partial charge is 0.224 e. The van der Waals surface area contributed by atoms with Crippen molar-refractivity contribution < 1.29 is 9.53 Å². The lowest BCUT2D eigenvalue weighted by Crippen LogP contribution is -2.36. The number of nitrogens with two attached hydrogens (primary N) is 1. The molecule has 1 fully saturated rings. The van der Waals surface area contributed by atoms with Gasteiger partial charge in [0.05, 0.1) is 12.8 Å². The van der Waals surface area contributed by atoms with Gasteiger partial charge in [0.2, 0.25) is 11.9 Å². The molecule has 0 bridgehead atoms. The van der Waals surface area contributed by atoms with E-state index in [1.165, 1.54) is 0 Å². The number of rotatable bonds is 6.